The zero-order chi connectivity index (χ0) is 12.2. The van der Waals surface area contributed by atoms with Gasteiger partial charge in [0.1, 0.15) is 6.04 Å². The van der Waals surface area contributed by atoms with Gasteiger partial charge >= 0.3 is 5.97 Å². The highest BCUT2D eigenvalue weighted by atomic mass is 16.4. The predicted molar refractivity (Wildman–Crippen MR) is 57.2 cm³/mol. The normalized spacial score (nSPS) is 15.1. The molecule has 1 amide bonds. The second-order valence-corrected chi connectivity index (χ2v) is 4.34. The summed E-state index contributed by atoms with van der Waals surface area (Å²) in [5, 5.41) is 11.3. The standard InChI is InChI=1S/C10H20N2O3/c1-5(2)7(11)9(13)12-8(6(3)4)10(14)15/h5-8H,11H2,1-4H3,(H,12,13)(H,14,15)/t7?,8-/m0/s1. The fourth-order valence-electron chi connectivity index (χ4n) is 1.07. The molecule has 2 atom stereocenters. The molecule has 88 valence electrons. The molecule has 0 rings (SSSR count). The molecule has 1 unspecified atom stereocenters. The van der Waals surface area contributed by atoms with Crippen molar-refractivity contribution >= 4 is 11.9 Å². The van der Waals surface area contributed by atoms with Crippen LogP contribution in [0.5, 0.6) is 0 Å². The molecule has 0 spiro atoms. The monoisotopic (exact) mass is 216 g/mol. The Kier molecular flexibility index (Phi) is 5.28. The average Bonchev–Trinajstić information content (AvgIpc) is 2.11. The van der Waals surface area contributed by atoms with Crippen molar-refractivity contribution in [3.63, 3.8) is 0 Å². The summed E-state index contributed by atoms with van der Waals surface area (Å²) in [7, 11) is 0. The van der Waals surface area contributed by atoms with Crippen LogP contribution in [0.4, 0.5) is 0 Å². The summed E-state index contributed by atoms with van der Waals surface area (Å²) in [6.07, 6.45) is 0. The Morgan fingerprint density at radius 2 is 1.60 bits per heavy atom. The van der Waals surface area contributed by atoms with Gasteiger partial charge in [-0.3, -0.25) is 4.79 Å². The SMILES string of the molecule is CC(C)C(N)C(=O)N[C@H](C(=O)O)C(C)C. The quantitative estimate of drug-likeness (QED) is 0.612. The third kappa shape index (κ3) is 4.29. The Bertz CT molecular complexity index is 239. The maximum atomic E-state index is 11.5. The maximum absolute atomic E-state index is 11.5. The summed E-state index contributed by atoms with van der Waals surface area (Å²) in [6, 6.07) is -1.53. The van der Waals surface area contributed by atoms with E-state index in [9.17, 15) is 9.59 Å². The number of carbonyl (C=O) groups excluding carboxylic acids is 1. The molecule has 0 fully saturated rings. The van der Waals surface area contributed by atoms with E-state index >= 15 is 0 Å². The highest BCUT2D eigenvalue weighted by Crippen LogP contribution is 2.04. The van der Waals surface area contributed by atoms with Crippen molar-refractivity contribution in [3.05, 3.63) is 0 Å². The highest BCUT2D eigenvalue weighted by Gasteiger charge is 2.26. The van der Waals surface area contributed by atoms with Gasteiger partial charge in [0, 0.05) is 0 Å². The first-order valence-electron chi connectivity index (χ1n) is 5.06. The van der Waals surface area contributed by atoms with E-state index in [1.807, 2.05) is 13.8 Å². The van der Waals surface area contributed by atoms with E-state index in [1.54, 1.807) is 13.8 Å². The molecule has 0 heterocycles. The molecule has 5 nitrogen and oxygen atoms in total. The Balaban J connectivity index is 4.43. The lowest BCUT2D eigenvalue weighted by Gasteiger charge is -2.21. The van der Waals surface area contributed by atoms with Crippen LogP contribution < -0.4 is 11.1 Å². The zero-order valence-electron chi connectivity index (χ0n) is 9.65. The molecular weight excluding hydrogens is 196 g/mol. The molecule has 0 aromatic rings. The Labute approximate surface area is 90.0 Å². The first-order chi connectivity index (χ1) is 6.77. The van der Waals surface area contributed by atoms with E-state index in [2.05, 4.69) is 5.32 Å². The van der Waals surface area contributed by atoms with Crippen molar-refractivity contribution in [2.45, 2.75) is 39.8 Å². The van der Waals surface area contributed by atoms with Crippen molar-refractivity contribution in [2.75, 3.05) is 0 Å². The number of aliphatic carboxylic acids is 1. The molecule has 0 aliphatic carbocycles. The molecule has 0 bridgehead atoms. The van der Waals surface area contributed by atoms with Crippen LogP contribution in [-0.4, -0.2) is 29.1 Å². The van der Waals surface area contributed by atoms with Gasteiger partial charge in [0.2, 0.25) is 5.91 Å². The number of hydrogen-bond acceptors (Lipinski definition) is 3. The van der Waals surface area contributed by atoms with E-state index in [1.165, 1.54) is 0 Å². The van der Waals surface area contributed by atoms with Crippen LogP contribution >= 0.6 is 0 Å². The molecule has 5 heteroatoms. The van der Waals surface area contributed by atoms with Crippen LogP contribution in [0.2, 0.25) is 0 Å². The van der Waals surface area contributed by atoms with Crippen LogP contribution in [0.15, 0.2) is 0 Å². The molecule has 15 heavy (non-hydrogen) atoms. The summed E-state index contributed by atoms with van der Waals surface area (Å²) >= 11 is 0. The third-order valence-corrected chi connectivity index (χ3v) is 2.25. The summed E-state index contributed by atoms with van der Waals surface area (Å²) in [4.78, 5) is 22.3. The van der Waals surface area contributed by atoms with E-state index < -0.39 is 24.0 Å². The number of carbonyl (C=O) groups is 2. The topological polar surface area (TPSA) is 92.4 Å². The lowest BCUT2D eigenvalue weighted by molar-refractivity contribution is -0.143. The first kappa shape index (κ1) is 13.9. The van der Waals surface area contributed by atoms with Gasteiger partial charge in [-0.1, -0.05) is 27.7 Å². The van der Waals surface area contributed by atoms with Crippen molar-refractivity contribution in [2.24, 2.45) is 17.6 Å². The molecule has 0 aromatic carbocycles. The lowest BCUT2D eigenvalue weighted by atomic mass is 10.0. The predicted octanol–water partition coefficient (Wildman–Crippen LogP) is 0.195. The second kappa shape index (κ2) is 5.70. The lowest BCUT2D eigenvalue weighted by Crippen LogP contribution is -2.52. The average molecular weight is 216 g/mol. The van der Waals surface area contributed by atoms with Crippen LogP contribution in [0, 0.1) is 11.8 Å². The number of hydrogen-bond donors (Lipinski definition) is 3. The van der Waals surface area contributed by atoms with Crippen molar-refractivity contribution in [1.82, 2.24) is 5.32 Å². The molecule has 0 aliphatic heterocycles. The van der Waals surface area contributed by atoms with Crippen molar-refractivity contribution < 1.29 is 14.7 Å². The van der Waals surface area contributed by atoms with Gasteiger partial charge < -0.3 is 16.2 Å². The van der Waals surface area contributed by atoms with Gasteiger partial charge in [-0.2, -0.15) is 0 Å². The fraction of sp³-hybridized carbons (Fsp3) is 0.800. The number of nitrogens with two attached hydrogens (primary N) is 1. The Morgan fingerprint density at radius 1 is 1.13 bits per heavy atom. The number of carboxylic acids is 1. The number of amides is 1. The molecule has 0 aromatic heterocycles. The first-order valence-corrected chi connectivity index (χ1v) is 5.06. The molecule has 0 saturated carbocycles. The van der Waals surface area contributed by atoms with Crippen molar-refractivity contribution in [3.8, 4) is 0 Å². The molecule has 0 saturated heterocycles. The third-order valence-electron chi connectivity index (χ3n) is 2.25. The summed E-state index contributed by atoms with van der Waals surface area (Å²) in [6.45, 7) is 7.10. The van der Waals surface area contributed by atoms with Crippen LogP contribution in [0.3, 0.4) is 0 Å². The smallest absolute Gasteiger partial charge is 0.326 e. The van der Waals surface area contributed by atoms with Crippen LogP contribution in [0.1, 0.15) is 27.7 Å². The zero-order valence-corrected chi connectivity index (χ0v) is 9.65. The molecule has 0 aliphatic rings. The van der Waals surface area contributed by atoms with Gasteiger partial charge in [-0.25, -0.2) is 4.79 Å². The molecule has 4 N–H and O–H groups in total. The van der Waals surface area contributed by atoms with Gasteiger partial charge in [0.15, 0.2) is 0 Å². The van der Waals surface area contributed by atoms with E-state index in [0.717, 1.165) is 0 Å². The van der Waals surface area contributed by atoms with Gasteiger partial charge in [0.05, 0.1) is 6.04 Å². The fourth-order valence-corrected chi connectivity index (χ4v) is 1.07. The van der Waals surface area contributed by atoms with Crippen LogP contribution in [-0.2, 0) is 9.59 Å². The largest absolute Gasteiger partial charge is 0.480 e. The summed E-state index contributed by atoms with van der Waals surface area (Å²) in [5.74, 6) is -1.61. The summed E-state index contributed by atoms with van der Waals surface area (Å²) in [5.41, 5.74) is 5.60. The van der Waals surface area contributed by atoms with Crippen LogP contribution in [0.25, 0.3) is 0 Å². The minimum atomic E-state index is -1.03. The Hall–Kier alpha value is -1.10. The van der Waals surface area contributed by atoms with Crippen molar-refractivity contribution in [1.29, 1.82) is 0 Å². The Morgan fingerprint density at radius 3 is 1.87 bits per heavy atom. The van der Waals surface area contributed by atoms with E-state index in [0.29, 0.717) is 0 Å². The maximum Gasteiger partial charge on any atom is 0.326 e. The number of rotatable bonds is 5. The molecular formula is C10H20N2O3. The number of carboxylic acid groups (broad SMARTS) is 1. The van der Waals surface area contributed by atoms with E-state index in [-0.39, 0.29) is 11.8 Å². The minimum absolute atomic E-state index is 0.00777. The highest BCUT2D eigenvalue weighted by molar-refractivity contribution is 5.87. The van der Waals surface area contributed by atoms with E-state index in [4.69, 9.17) is 10.8 Å². The van der Waals surface area contributed by atoms with Gasteiger partial charge in [-0.05, 0) is 11.8 Å². The van der Waals surface area contributed by atoms with Gasteiger partial charge in [-0.15, -0.1) is 0 Å². The summed E-state index contributed by atoms with van der Waals surface area (Å²) < 4.78 is 0. The van der Waals surface area contributed by atoms with Gasteiger partial charge in [0.25, 0.3) is 0 Å². The minimum Gasteiger partial charge on any atom is -0.480 e. The second-order valence-electron chi connectivity index (χ2n) is 4.34. The molecule has 0 radical (unpaired) electrons. The number of nitrogens with one attached hydrogen (secondary N) is 1.